The maximum absolute atomic E-state index is 4.79. The molecular formula is C16H30N4S. The maximum Gasteiger partial charge on any atom is 0.185 e. The molecule has 0 bridgehead atoms. The number of anilines is 1. The number of nitrogens with one attached hydrogen (secondary N) is 1. The van der Waals surface area contributed by atoms with Crippen molar-refractivity contribution in [2.45, 2.75) is 52.6 Å². The number of aryl methyl sites for hydroxylation is 1. The predicted octanol–water partition coefficient (Wildman–Crippen LogP) is 3.04. The summed E-state index contributed by atoms with van der Waals surface area (Å²) < 4.78 is 0. The van der Waals surface area contributed by atoms with Gasteiger partial charge in [0.15, 0.2) is 5.13 Å². The number of rotatable bonds is 7. The molecule has 1 aliphatic heterocycles. The first-order chi connectivity index (χ1) is 10.1. The number of hydrogen-bond donors (Lipinski definition) is 1. The van der Waals surface area contributed by atoms with Crippen molar-refractivity contribution in [2.24, 2.45) is 0 Å². The van der Waals surface area contributed by atoms with Crippen molar-refractivity contribution in [2.75, 3.05) is 38.1 Å². The highest BCUT2D eigenvalue weighted by molar-refractivity contribution is 7.15. The highest BCUT2D eigenvalue weighted by Crippen LogP contribution is 2.31. The smallest absolute Gasteiger partial charge is 0.185 e. The van der Waals surface area contributed by atoms with Crippen molar-refractivity contribution >= 4 is 16.5 Å². The average Bonchev–Trinajstić information content (AvgIpc) is 3.05. The molecule has 0 spiro atoms. The average molecular weight is 311 g/mol. The largest absolute Gasteiger partial charge is 0.350 e. The van der Waals surface area contributed by atoms with Crippen LogP contribution in [0.2, 0.25) is 0 Å². The SMILES string of the molecule is CCNC(C)c1sc(N(C)CC2CCCN2CC)nc1C. The summed E-state index contributed by atoms with van der Waals surface area (Å²) in [7, 11) is 2.19. The van der Waals surface area contributed by atoms with Crippen molar-refractivity contribution in [1.29, 1.82) is 0 Å². The van der Waals surface area contributed by atoms with E-state index in [0.717, 1.165) is 24.8 Å². The van der Waals surface area contributed by atoms with E-state index in [0.29, 0.717) is 12.1 Å². The van der Waals surface area contributed by atoms with E-state index in [1.165, 1.54) is 30.0 Å². The molecule has 0 amide bonds. The number of likely N-dealkylation sites (N-methyl/N-ethyl adjacent to an activating group) is 2. The van der Waals surface area contributed by atoms with E-state index in [1.54, 1.807) is 0 Å². The Bertz CT molecular complexity index is 445. The van der Waals surface area contributed by atoms with E-state index in [-0.39, 0.29) is 0 Å². The summed E-state index contributed by atoms with van der Waals surface area (Å²) in [6, 6.07) is 1.09. The molecule has 1 aromatic heterocycles. The van der Waals surface area contributed by atoms with Gasteiger partial charge < -0.3 is 10.2 Å². The number of aromatic nitrogens is 1. The molecule has 0 saturated carbocycles. The molecule has 2 atom stereocenters. The number of hydrogen-bond acceptors (Lipinski definition) is 5. The zero-order chi connectivity index (χ0) is 15.4. The van der Waals surface area contributed by atoms with Crippen LogP contribution in [0.25, 0.3) is 0 Å². The Balaban J connectivity index is 2.02. The maximum atomic E-state index is 4.79. The van der Waals surface area contributed by atoms with E-state index >= 15 is 0 Å². The lowest BCUT2D eigenvalue weighted by atomic mass is 10.2. The summed E-state index contributed by atoms with van der Waals surface area (Å²) in [6.45, 7) is 13.3. The van der Waals surface area contributed by atoms with E-state index in [9.17, 15) is 0 Å². The molecule has 0 aliphatic carbocycles. The summed E-state index contributed by atoms with van der Waals surface area (Å²) in [5.74, 6) is 0. The van der Waals surface area contributed by atoms with E-state index < -0.39 is 0 Å². The fraction of sp³-hybridized carbons (Fsp3) is 0.812. The van der Waals surface area contributed by atoms with Gasteiger partial charge in [-0.2, -0.15) is 0 Å². The first-order valence-electron chi connectivity index (χ1n) is 8.22. The summed E-state index contributed by atoms with van der Waals surface area (Å²) in [6.07, 6.45) is 2.66. The van der Waals surface area contributed by atoms with Gasteiger partial charge in [0.2, 0.25) is 0 Å². The minimum absolute atomic E-state index is 0.397. The second kappa shape index (κ2) is 7.56. The van der Waals surface area contributed by atoms with Crippen LogP contribution in [0, 0.1) is 6.92 Å². The van der Waals surface area contributed by atoms with Crippen LogP contribution in [0.4, 0.5) is 5.13 Å². The van der Waals surface area contributed by atoms with Gasteiger partial charge in [-0.05, 0) is 46.3 Å². The Labute approximate surface area is 133 Å². The molecule has 1 aromatic rings. The Morgan fingerprint density at radius 3 is 2.90 bits per heavy atom. The lowest BCUT2D eigenvalue weighted by Crippen LogP contribution is -2.38. The van der Waals surface area contributed by atoms with Gasteiger partial charge in [-0.1, -0.05) is 13.8 Å². The highest BCUT2D eigenvalue weighted by Gasteiger charge is 2.25. The van der Waals surface area contributed by atoms with Gasteiger partial charge in [0.25, 0.3) is 0 Å². The van der Waals surface area contributed by atoms with Crippen LogP contribution in [-0.2, 0) is 0 Å². The molecule has 4 nitrogen and oxygen atoms in total. The van der Waals surface area contributed by atoms with Gasteiger partial charge in [0.05, 0.1) is 5.69 Å². The molecule has 1 aliphatic rings. The fourth-order valence-electron chi connectivity index (χ4n) is 3.27. The van der Waals surface area contributed by atoms with Crippen molar-refractivity contribution in [1.82, 2.24) is 15.2 Å². The molecule has 21 heavy (non-hydrogen) atoms. The number of likely N-dealkylation sites (tertiary alicyclic amines) is 1. The summed E-state index contributed by atoms with van der Waals surface area (Å²) in [5, 5.41) is 4.65. The van der Waals surface area contributed by atoms with Crippen LogP contribution in [0.1, 0.15) is 50.2 Å². The molecule has 2 unspecified atom stereocenters. The molecule has 5 heteroatoms. The lowest BCUT2D eigenvalue weighted by Gasteiger charge is -2.27. The highest BCUT2D eigenvalue weighted by atomic mass is 32.1. The minimum Gasteiger partial charge on any atom is -0.350 e. The van der Waals surface area contributed by atoms with E-state index in [4.69, 9.17) is 4.98 Å². The molecule has 0 aromatic carbocycles. The Hall–Kier alpha value is -0.650. The topological polar surface area (TPSA) is 31.4 Å². The van der Waals surface area contributed by atoms with Crippen LogP contribution >= 0.6 is 11.3 Å². The Morgan fingerprint density at radius 1 is 1.48 bits per heavy atom. The van der Waals surface area contributed by atoms with Crippen LogP contribution in [-0.4, -0.2) is 49.2 Å². The van der Waals surface area contributed by atoms with Crippen LogP contribution < -0.4 is 10.2 Å². The van der Waals surface area contributed by atoms with Gasteiger partial charge >= 0.3 is 0 Å². The summed E-state index contributed by atoms with van der Waals surface area (Å²) >= 11 is 1.84. The standard InChI is InChI=1S/C16H30N4S/c1-6-17-12(3)15-13(4)18-16(21-15)19(5)11-14-9-8-10-20(14)7-2/h12,14,17H,6-11H2,1-5H3. The Morgan fingerprint density at radius 2 is 2.24 bits per heavy atom. The predicted molar refractivity (Wildman–Crippen MR) is 92.5 cm³/mol. The van der Waals surface area contributed by atoms with E-state index in [1.807, 2.05) is 11.3 Å². The molecule has 2 heterocycles. The summed E-state index contributed by atoms with van der Waals surface area (Å²) in [4.78, 5) is 11.1. The number of thiazole rings is 1. The second-order valence-corrected chi connectivity index (χ2v) is 7.04. The third kappa shape index (κ3) is 3.96. The second-order valence-electron chi connectivity index (χ2n) is 6.03. The van der Waals surface area contributed by atoms with Gasteiger partial charge in [-0.15, -0.1) is 11.3 Å². The monoisotopic (exact) mass is 310 g/mol. The molecule has 2 rings (SSSR count). The van der Waals surface area contributed by atoms with Crippen LogP contribution in [0.15, 0.2) is 0 Å². The van der Waals surface area contributed by atoms with Gasteiger partial charge in [-0.3, -0.25) is 4.90 Å². The normalized spacial score (nSPS) is 20.9. The van der Waals surface area contributed by atoms with E-state index in [2.05, 4.69) is 49.9 Å². The molecule has 0 radical (unpaired) electrons. The fourth-order valence-corrected chi connectivity index (χ4v) is 4.33. The number of nitrogens with zero attached hydrogens (tertiary/aromatic N) is 3. The molecule has 1 fully saturated rings. The van der Waals surface area contributed by atoms with Crippen molar-refractivity contribution in [3.05, 3.63) is 10.6 Å². The van der Waals surface area contributed by atoms with Crippen LogP contribution in [0.3, 0.4) is 0 Å². The van der Waals surface area contributed by atoms with Crippen LogP contribution in [0.5, 0.6) is 0 Å². The first kappa shape index (κ1) is 16.7. The lowest BCUT2D eigenvalue weighted by molar-refractivity contribution is 0.270. The van der Waals surface area contributed by atoms with Gasteiger partial charge in [-0.25, -0.2) is 4.98 Å². The zero-order valence-electron chi connectivity index (χ0n) is 14.1. The molecule has 1 N–H and O–H groups in total. The quantitative estimate of drug-likeness (QED) is 0.839. The molecular weight excluding hydrogens is 280 g/mol. The Kier molecular flexibility index (Phi) is 6.02. The zero-order valence-corrected chi connectivity index (χ0v) is 15.0. The molecule has 120 valence electrons. The summed E-state index contributed by atoms with van der Waals surface area (Å²) in [5.41, 5.74) is 1.18. The third-order valence-electron chi connectivity index (χ3n) is 4.44. The third-order valence-corrected chi connectivity index (χ3v) is 5.90. The van der Waals surface area contributed by atoms with Crippen molar-refractivity contribution < 1.29 is 0 Å². The molecule has 1 saturated heterocycles. The van der Waals surface area contributed by atoms with Gasteiger partial charge in [0, 0.05) is 30.6 Å². The first-order valence-corrected chi connectivity index (χ1v) is 9.04. The minimum atomic E-state index is 0.397. The van der Waals surface area contributed by atoms with Crippen molar-refractivity contribution in [3.8, 4) is 0 Å². The van der Waals surface area contributed by atoms with Crippen molar-refractivity contribution in [3.63, 3.8) is 0 Å². The van der Waals surface area contributed by atoms with Gasteiger partial charge in [0.1, 0.15) is 0 Å².